The van der Waals surface area contributed by atoms with Gasteiger partial charge in [-0.05, 0) is 54.1 Å². The molecule has 2 heterocycles. The summed E-state index contributed by atoms with van der Waals surface area (Å²) < 4.78 is 23.6. The van der Waals surface area contributed by atoms with E-state index >= 15 is 0 Å². The highest BCUT2D eigenvalue weighted by molar-refractivity contribution is 5.93. The fourth-order valence-corrected chi connectivity index (χ4v) is 2.66. The molecule has 1 aliphatic rings. The van der Waals surface area contributed by atoms with Gasteiger partial charge in [-0.15, -0.1) is 0 Å². The van der Waals surface area contributed by atoms with E-state index in [1.807, 2.05) is 18.2 Å². The van der Waals surface area contributed by atoms with Crippen LogP contribution in [0.4, 0.5) is 15.8 Å². The third-order valence-corrected chi connectivity index (χ3v) is 4.02. The van der Waals surface area contributed by atoms with E-state index in [-0.39, 0.29) is 24.2 Å². The van der Waals surface area contributed by atoms with Crippen molar-refractivity contribution in [3.63, 3.8) is 0 Å². The van der Waals surface area contributed by atoms with E-state index < -0.39 is 0 Å². The Kier molecular flexibility index (Phi) is 4.57. The Morgan fingerprint density at radius 3 is 2.67 bits per heavy atom. The number of amides is 1. The Morgan fingerprint density at radius 1 is 1.00 bits per heavy atom. The highest BCUT2D eigenvalue weighted by Gasteiger charge is 2.14. The van der Waals surface area contributed by atoms with E-state index in [4.69, 9.17) is 9.47 Å². The van der Waals surface area contributed by atoms with Crippen molar-refractivity contribution in [3.8, 4) is 11.5 Å². The number of hydrogen-bond acceptors (Lipinski definition) is 5. The molecule has 6 nitrogen and oxygen atoms in total. The Morgan fingerprint density at radius 2 is 1.81 bits per heavy atom. The molecule has 2 aromatic carbocycles. The third-order valence-electron chi connectivity index (χ3n) is 4.02. The highest BCUT2D eigenvalue weighted by atomic mass is 19.1. The van der Waals surface area contributed by atoms with E-state index in [9.17, 15) is 9.18 Å². The summed E-state index contributed by atoms with van der Waals surface area (Å²) in [6.45, 7) is 0.551. The lowest BCUT2D eigenvalue weighted by Crippen LogP contribution is -2.23. The Balaban J connectivity index is 1.40. The van der Waals surface area contributed by atoms with Crippen LogP contribution in [0.15, 0.2) is 60.8 Å². The number of halogens is 1. The van der Waals surface area contributed by atoms with E-state index in [1.165, 1.54) is 12.1 Å². The number of aromatic nitrogens is 1. The molecule has 136 valence electrons. The van der Waals surface area contributed by atoms with Gasteiger partial charge in [-0.1, -0.05) is 6.07 Å². The average Bonchev–Trinajstić information content (AvgIpc) is 3.16. The summed E-state index contributed by atoms with van der Waals surface area (Å²) >= 11 is 0. The Labute approximate surface area is 155 Å². The molecular formula is C20H16FN3O3. The zero-order valence-electron chi connectivity index (χ0n) is 14.2. The molecule has 2 N–H and O–H groups in total. The number of pyridine rings is 1. The molecule has 0 radical (unpaired) electrons. The lowest BCUT2D eigenvalue weighted by molar-refractivity contribution is 0.0946. The summed E-state index contributed by atoms with van der Waals surface area (Å²) in [6, 6.07) is 14.9. The smallest absolute Gasteiger partial charge is 0.270 e. The van der Waals surface area contributed by atoms with Crippen LogP contribution < -0.4 is 20.1 Å². The van der Waals surface area contributed by atoms with Crippen LogP contribution in [0.25, 0.3) is 0 Å². The number of rotatable bonds is 5. The van der Waals surface area contributed by atoms with E-state index in [1.54, 1.807) is 30.5 Å². The number of ether oxygens (including phenoxy) is 2. The van der Waals surface area contributed by atoms with Crippen molar-refractivity contribution >= 4 is 17.3 Å². The van der Waals surface area contributed by atoms with Crippen LogP contribution in [-0.2, 0) is 6.54 Å². The lowest BCUT2D eigenvalue weighted by Gasteiger charge is -2.09. The van der Waals surface area contributed by atoms with Gasteiger partial charge in [0.1, 0.15) is 11.5 Å². The SMILES string of the molecule is O=C(NCc1ccc2c(c1)OCO2)c1cc(Nc2ccc(F)cc2)ccn1. The number of carbonyl (C=O) groups is 1. The molecular weight excluding hydrogens is 349 g/mol. The topological polar surface area (TPSA) is 72.5 Å². The van der Waals surface area contributed by atoms with E-state index in [2.05, 4.69) is 15.6 Å². The van der Waals surface area contributed by atoms with Crippen LogP contribution in [0.3, 0.4) is 0 Å². The summed E-state index contributed by atoms with van der Waals surface area (Å²) in [5.41, 5.74) is 2.58. The van der Waals surface area contributed by atoms with Gasteiger partial charge in [0.15, 0.2) is 11.5 Å². The van der Waals surface area contributed by atoms with Gasteiger partial charge < -0.3 is 20.1 Å². The predicted molar refractivity (Wildman–Crippen MR) is 97.7 cm³/mol. The van der Waals surface area contributed by atoms with Crippen LogP contribution in [-0.4, -0.2) is 17.7 Å². The first-order chi connectivity index (χ1) is 13.2. The molecule has 0 aliphatic carbocycles. The second-order valence-corrected chi connectivity index (χ2v) is 5.93. The number of fused-ring (bicyclic) bond motifs is 1. The van der Waals surface area contributed by atoms with Gasteiger partial charge in [0, 0.05) is 24.1 Å². The molecule has 1 aliphatic heterocycles. The monoisotopic (exact) mass is 365 g/mol. The number of nitrogens with zero attached hydrogens (tertiary/aromatic N) is 1. The number of benzene rings is 2. The maximum absolute atomic E-state index is 13.0. The molecule has 0 spiro atoms. The number of anilines is 2. The normalized spacial score (nSPS) is 11.9. The lowest BCUT2D eigenvalue weighted by atomic mass is 10.2. The third kappa shape index (κ3) is 3.98. The minimum Gasteiger partial charge on any atom is -0.454 e. The van der Waals surface area contributed by atoms with Gasteiger partial charge in [-0.3, -0.25) is 9.78 Å². The van der Waals surface area contributed by atoms with Crippen LogP contribution >= 0.6 is 0 Å². The fourth-order valence-electron chi connectivity index (χ4n) is 2.66. The first-order valence-corrected chi connectivity index (χ1v) is 8.33. The molecule has 0 fully saturated rings. The molecule has 0 saturated heterocycles. The maximum atomic E-state index is 13.0. The van der Waals surface area contributed by atoms with Crippen molar-refractivity contribution in [3.05, 3.63) is 77.9 Å². The second kappa shape index (κ2) is 7.33. The number of carbonyl (C=O) groups excluding carboxylic acids is 1. The van der Waals surface area contributed by atoms with Crippen molar-refractivity contribution in [2.24, 2.45) is 0 Å². The largest absolute Gasteiger partial charge is 0.454 e. The van der Waals surface area contributed by atoms with Crippen LogP contribution in [0, 0.1) is 5.82 Å². The molecule has 0 bridgehead atoms. The van der Waals surface area contributed by atoms with Crippen molar-refractivity contribution in [2.75, 3.05) is 12.1 Å². The quantitative estimate of drug-likeness (QED) is 0.722. The molecule has 4 rings (SSSR count). The molecule has 27 heavy (non-hydrogen) atoms. The number of nitrogens with one attached hydrogen (secondary N) is 2. The molecule has 3 aromatic rings. The zero-order chi connectivity index (χ0) is 18.6. The standard InChI is InChI=1S/C20H16FN3O3/c21-14-2-4-15(5-3-14)24-16-7-8-22-17(10-16)20(25)23-11-13-1-6-18-19(9-13)27-12-26-18/h1-10H,11-12H2,(H,22,24)(H,23,25). The molecule has 1 aromatic heterocycles. The summed E-state index contributed by atoms with van der Waals surface area (Å²) in [5.74, 6) is 0.769. The molecule has 7 heteroatoms. The summed E-state index contributed by atoms with van der Waals surface area (Å²) in [5, 5.41) is 5.94. The van der Waals surface area contributed by atoms with Gasteiger partial charge in [-0.25, -0.2) is 4.39 Å². The minimum atomic E-state index is -0.307. The summed E-state index contributed by atoms with van der Waals surface area (Å²) in [6.07, 6.45) is 1.54. The second-order valence-electron chi connectivity index (χ2n) is 5.93. The van der Waals surface area contributed by atoms with Crippen molar-refractivity contribution < 1.29 is 18.7 Å². The molecule has 0 saturated carbocycles. The van der Waals surface area contributed by atoms with Gasteiger partial charge in [0.2, 0.25) is 6.79 Å². The zero-order valence-corrected chi connectivity index (χ0v) is 14.2. The average molecular weight is 365 g/mol. The maximum Gasteiger partial charge on any atom is 0.270 e. The first kappa shape index (κ1) is 16.8. The van der Waals surface area contributed by atoms with Crippen LogP contribution in [0.2, 0.25) is 0 Å². The molecule has 1 amide bonds. The minimum absolute atomic E-state index is 0.211. The van der Waals surface area contributed by atoms with Crippen molar-refractivity contribution in [2.45, 2.75) is 6.54 Å². The fraction of sp³-hybridized carbons (Fsp3) is 0.100. The molecule has 0 atom stereocenters. The van der Waals surface area contributed by atoms with E-state index in [0.717, 1.165) is 5.56 Å². The first-order valence-electron chi connectivity index (χ1n) is 8.33. The van der Waals surface area contributed by atoms with Crippen molar-refractivity contribution in [1.82, 2.24) is 10.3 Å². The van der Waals surface area contributed by atoms with Crippen molar-refractivity contribution in [1.29, 1.82) is 0 Å². The van der Waals surface area contributed by atoms with Crippen LogP contribution in [0.1, 0.15) is 16.1 Å². The van der Waals surface area contributed by atoms with Crippen LogP contribution in [0.5, 0.6) is 11.5 Å². The predicted octanol–water partition coefficient (Wildman–Crippen LogP) is 3.62. The van der Waals surface area contributed by atoms with E-state index in [0.29, 0.717) is 29.4 Å². The summed E-state index contributed by atoms with van der Waals surface area (Å²) in [7, 11) is 0. The van der Waals surface area contributed by atoms with Gasteiger partial charge in [0.05, 0.1) is 0 Å². The number of hydrogen-bond donors (Lipinski definition) is 2. The Bertz CT molecular complexity index is 976. The van der Waals surface area contributed by atoms with Gasteiger partial charge >= 0.3 is 0 Å². The highest BCUT2D eigenvalue weighted by Crippen LogP contribution is 2.32. The summed E-state index contributed by atoms with van der Waals surface area (Å²) in [4.78, 5) is 16.5. The van der Waals surface area contributed by atoms with Gasteiger partial charge in [0.25, 0.3) is 5.91 Å². The van der Waals surface area contributed by atoms with Gasteiger partial charge in [-0.2, -0.15) is 0 Å². The Hall–Kier alpha value is -3.61. The molecule has 0 unspecified atom stereocenters.